The first-order chi connectivity index (χ1) is 14.9. The lowest BCUT2D eigenvalue weighted by atomic mass is 9.76. The molecule has 2 aromatic rings. The summed E-state index contributed by atoms with van der Waals surface area (Å²) in [5, 5.41) is 11.6. The number of para-hydroxylation sites is 1. The van der Waals surface area contributed by atoms with Crippen LogP contribution in [0.4, 0.5) is 5.69 Å². The van der Waals surface area contributed by atoms with E-state index in [-0.39, 0.29) is 17.6 Å². The lowest BCUT2D eigenvalue weighted by molar-refractivity contribution is -0.734. The predicted molar refractivity (Wildman–Crippen MR) is 113 cm³/mol. The summed E-state index contributed by atoms with van der Waals surface area (Å²) in [5.74, 6) is -2.55. The first-order valence-corrected chi connectivity index (χ1v) is 10.6. The molecule has 0 unspecified atom stereocenters. The molecule has 2 amide bonds. The number of nitrogens with zero attached hydrogens (tertiary/aromatic N) is 1. The van der Waals surface area contributed by atoms with Gasteiger partial charge in [-0.1, -0.05) is 31.5 Å². The molecule has 0 saturated carbocycles. The Labute approximate surface area is 181 Å². The Morgan fingerprint density at radius 1 is 1.10 bits per heavy atom. The number of imide groups is 1. The van der Waals surface area contributed by atoms with Gasteiger partial charge >= 0.3 is 5.97 Å². The zero-order chi connectivity index (χ0) is 22.2. The Morgan fingerprint density at radius 2 is 1.77 bits per heavy atom. The van der Waals surface area contributed by atoms with Crippen molar-refractivity contribution in [1.29, 1.82) is 0 Å². The second kappa shape index (κ2) is 8.15. The summed E-state index contributed by atoms with van der Waals surface area (Å²) in [6, 6.07) is 15.0. The van der Waals surface area contributed by atoms with Gasteiger partial charge in [0.1, 0.15) is 23.6 Å². The summed E-state index contributed by atoms with van der Waals surface area (Å²) < 4.78 is 5.18. The zero-order valence-electron chi connectivity index (χ0n) is 17.7. The van der Waals surface area contributed by atoms with E-state index in [1.165, 1.54) is 12.0 Å². The maximum atomic E-state index is 13.7. The summed E-state index contributed by atoms with van der Waals surface area (Å²) in [4.78, 5) is 41.6. The number of benzene rings is 2. The van der Waals surface area contributed by atoms with E-state index in [4.69, 9.17) is 4.74 Å². The van der Waals surface area contributed by atoms with Crippen molar-refractivity contribution < 1.29 is 29.5 Å². The van der Waals surface area contributed by atoms with Crippen LogP contribution in [-0.2, 0) is 19.1 Å². The SMILES string of the molecule is CCCC[C@]1(C(=O)OC)[NH2+][C@@H](c2ccc(O)cc2)[C@H]2C(=O)N(c3ccccc3)C(=O)[C@H]21. The highest BCUT2D eigenvalue weighted by molar-refractivity contribution is 6.23. The Bertz CT molecular complexity index is 991. The Kier molecular flexibility index (Phi) is 5.54. The van der Waals surface area contributed by atoms with Crippen molar-refractivity contribution in [2.75, 3.05) is 12.0 Å². The van der Waals surface area contributed by atoms with Crippen molar-refractivity contribution in [3.05, 3.63) is 60.2 Å². The van der Waals surface area contributed by atoms with Crippen molar-refractivity contribution in [3.63, 3.8) is 0 Å². The summed E-state index contributed by atoms with van der Waals surface area (Å²) in [6.45, 7) is 2.02. The molecule has 7 heteroatoms. The minimum absolute atomic E-state index is 0.114. The van der Waals surface area contributed by atoms with Crippen LogP contribution in [-0.4, -0.2) is 35.5 Å². The van der Waals surface area contributed by atoms with Crippen molar-refractivity contribution in [1.82, 2.24) is 0 Å². The summed E-state index contributed by atoms with van der Waals surface area (Å²) in [6.07, 6.45) is 2.01. The number of hydrogen-bond acceptors (Lipinski definition) is 5. The van der Waals surface area contributed by atoms with Gasteiger partial charge in [-0.2, -0.15) is 0 Å². The van der Waals surface area contributed by atoms with Crippen LogP contribution in [0.25, 0.3) is 0 Å². The third kappa shape index (κ3) is 3.29. The largest absolute Gasteiger partial charge is 0.508 e. The van der Waals surface area contributed by atoms with Gasteiger partial charge in [0.25, 0.3) is 0 Å². The second-order valence-electron chi connectivity index (χ2n) is 8.27. The molecule has 4 rings (SSSR count). The van der Waals surface area contributed by atoms with Gasteiger partial charge in [0, 0.05) is 12.0 Å². The maximum Gasteiger partial charge on any atom is 0.368 e. The number of amides is 2. The van der Waals surface area contributed by atoms with Crippen molar-refractivity contribution >= 4 is 23.5 Å². The molecular formula is C24H27N2O5+. The molecule has 0 radical (unpaired) electrons. The number of rotatable bonds is 6. The first kappa shape index (κ1) is 21.1. The molecule has 4 atom stereocenters. The van der Waals surface area contributed by atoms with Crippen LogP contribution in [0.3, 0.4) is 0 Å². The van der Waals surface area contributed by atoms with Crippen molar-refractivity contribution in [2.45, 2.75) is 37.8 Å². The predicted octanol–water partition coefficient (Wildman–Crippen LogP) is 1.92. The normalized spacial score (nSPS) is 27.4. The van der Waals surface area contributed by atoms with Gasteiger partial charge in [-0.05, 0) is 42.8 Å². The molecule has 31 heavy (non-hydrogen) atoms. The molecule has 0 aromatic heterocycles. The van der Waals surface area contributed by atoms with Gasteiger partial charge < -0.3 is 15.2 Å². The number of hydrogen-bond donors (Lipinski definition) is 2. The minimum Gasteiger partial charge on any atom is -0.508 e. The van der Waals surface area contributed by atoms with Crippen LogP contribution in [0.2, 0.25) is 0 Å². The molecule has 162 valence electrons. The van der Waals surface area contributed by atoms with Crippen molar-refractivity contribution in [2.24, 2.45) is 11.8 Å². The number of phenols is 1. The number of aromatic hydroxyl groups is 1. The van der Waals surface area contributed by atoms with Crippen LogP contribution in [0.1, 0.15) is 37.8 Å². The lowest BCUT2D eigenvalue weighted by Crippen LogP contribution is -2.98. The maximum absolute atomic E-state index is 13.7. The molecule has 2 aliphatic heterocycles. The number of carbonyl (C=O) groups is 3. The second-order valence-corrected chi connectivity index (χ2v) is 8.27. The van der Waals surface area contributed by atoms with E-state index in [1.54, 1.807) is 48.5 Å². The van der Waals surface area contributed by atoms with Crippen LogP contribution >= 0.6 is 0 Å². The first-order valence-electron chi connectivity index (χ1n) is 10.6. The monoisotopic (exact) mass is 423 g/mol. The molecule has 2 saturated heterocycles. The number of unbranched alkanes of at least 4 members (excludes halogenated alkanes) is 1. The number of fused-ring (bicyclic) bond motifs is 1. The smallest absolute Gasteiger partial charge is 0.368 e. The van der Waals surface area contributed by atoms with Crippen molar-refractivity contribution in [3.8, 4) is 5.75 Å². The number of esters is 1. The van der Waals surface area contributed by atoms with Gasteiger partial charge in [0.15, 0.2) is 0 Å². The summed E-state index contributed by atoms with van der Waals surface area (Å²) in [7, 11) is 1.32. The molecule has 0 spiro atoms. The molecule has 2 aromatic carbocycles. The van der Waals surface area contributed by atoms with E-state index in [0.717, 1.165) is 18.4 Å². The number of ether oxygens (including phenoxy) is 1. The molecule has 2 heterocycles. The third-order valence-electron chi connectivity index (χ3n) is 6.57. The highest BCUT2D eigenvalue weighted by Gasteiger charge is 2.72. The number of carbonyl (C=O) groups excluding carboxylic acids is 3. The molecule has 3 N–H and O–H groups in total. The van der Waals surface area contributed by atoms with E-state index in [9.17, 15) is 19.5 Å². The quantitative estimate of drug-likeness (QED) is 0.546. The standard InChI is InChI=1S/C24H26N2O5/c1-3-4-14-24(23(30)31-2)19-18(20(25-24)15-10-12-17(27)13-11-15)21(28)26(22(19)29)16-8-6-5-7-9-16/h5-13,18-20,25,27H,3-4,14H2,1-2H3/p+1/t18-,19-,20-,24-/m0/s1. The lowest BCUT2D eigenvalue weighted by Gasteiger charge is -2.29. The minimum atomic E-state index is -1.17. The molecule has 0 aliphatic carbocycles. The number of quaternary nitrogens is 1. The van der Waals surface area contributed by atoms with E-state index in [1.807, 2.05) is 18.3 Å². The van der Waals surface area contributed by atoms with Gasteiger partial charge in [0.2, 0.25) is 17.4 Å². The fraction of sp³-hybridized carbons (Fsp3) is 0.375. The van der Waals surface area contributed by atoms with E-state index < -0.39 is 29.4 Å². The topological polar surface area (TPSA) is 101 Å². The molecule has 7 nitrogen and oxygen atoms in total. The summed E-state index contributed by atoms with van der Waals surface area (Å²) >= 11 is 0. The highest BCUT2D eigenvalue weighted by atomic mass is 16.5. The van der Waals surface area contributed by atoms with Gasteiger partial charge in [-0.15, -0.1) is 0 Å². The Balaban J connectivity index is 1.85. The van der Waals surface area contributed by atoms with Crippen LogP contribution < -0.4 is 10.2 Å². The Hall–Kier alpha value is -3.19. The van der Waals surface area contributed by atoms with Gasteiger partial charge in [0.05, 0.1) is 12.8 Å². The fourth-order valence-corrected chi connectivity index (χ4v) is 5.15. The number of methoxy groups -OCH3 is 1. The summed E-state index contributed by atoms with van der Waals surface area (Å²) in [5.41, 5.74) is 0.116. The zero-order valence-corrected chi connectivity index (χ0v) is 17.7. The highest BCUT2D eigenvalue weighted by Crippen LogP contribution is 2.47. The van der Waals surface area contributed by atoms with Gasteiger partial charge in [-0.3, -0.25) is 9.59 Å². The number of nitrogens with two attached hydrogens (primary N) is 1. The molecule has 2 aliphatic rings. The molecular weight excluding hydrogens is 396 g/mol. The van der Waals surface area contributed by atoms with Crippen LogP contribution in [0.5, 0.6) is 5.75 Å². The van der Waals surface area contributed by atoms with E-state index in [2.05, 4.69) is 0 Å². The average molecular weight is 423 g/mol. The number of anilines is 1. The fourth-order valence-electron chi connectivity index (χ4n) is 5.15. The number of phenolic OH excluding ortho intramolecular Hbond substituents is 1. The van der Waals surface area contributed by atoms with Crippen LogP contribution in [0.15, 0.2) is 54.6 Å². The molecule has 2 fully saturated rings. The average Bonchev–Trinajstić information content (AvgIpc) is 3.27. The molecule has 0 bridgehead atoms. The third-order valence-corrected chi connectivity index (χ3v) is 6.57. The van der Waals surface area contributed by atoms with Crippen LogP contribution in [0, 0.1) is 11.8 Å². The Morgan fingerprint density at radius 3 is 2.39 bits per heavy atom. The van der Waals surface area contributed by atoms with Gasteiger partial charge in [-0.25, -0.2) is 9.69 Å². The van der Waals surface area contributed by atoms with E-state index in [0.29, 0.717) is 12.1 Å². The van der Waals surface area contributed by atoms with E-state index >= 15 is 0 Å².